The molecule has 0 aromatic heterocycles. The van der Waals surface area contributed by atoms with E-state index in [1.54, 1.807) is 0 Å². The Labute approximate surface area is 114 Å². The van der Waals surface area contributed by atoms with Crippen LogP contribution in [0.5, 0.6) is 0 Å². The van der Waals surface area contributed by atoms with Crippen LogP contribution >= 0.6 is 0 Å². The van der Waals surface area contributed by atoms with Gasteiger partial charge in [-0.1, -0.05) is 19.9 Å². The van der Waals surface area contributed by atoms with Crippen molar-refractivity contribution in [1.29, 1.82) is 0 Å². The maximum Gasteiger partial charge on any atom is 0.302 e. The summed E-state index contributed by atoms with van der Waals surface area (Å²) in [6.07, 6.45) is 2.81. The van der Waals surface area contributed by atoms with Crippen LogP contribution in [-0.4, -0.2) is 24.1 Å². The van der Waals surface area contributed by atoms with Gasteiger partial charge in [-0.2, -0.15) is 0 Å². The lowest BCUT2D eigenvalue weighted by Crippen LogP contribution is -2.24. The number of hydrogen-bond acceptors (Lipinski definition) is 4. The number of hydrogen-bond donors (Lipinski definition) is 0. The highest BCUT2D eigenvalue weighted by Gasteiger charge is 2.60. The van der Waals surface area contributed by atoms with Gasteiger partial charge in [0.25, 0.3) is 0 Å². The summed E-state index contributed by atoms with van der Waals surface area (Å²) in [7, 11) is 0. The predicted octanol–water partition coefficient (Wildman–Crippen LogP) is 2.31. The van der Waals surface area contributed by atoms with E-state index in [1.165, 1.54) is 6.92 Å². The molecule has 3 atom stereocenters. The van der Waals surface area contributed by atoms with Gasteiger partial charge in [0.2, 0.25) is 0 Å². The third-order valence-corrected chi connectivity index (χ3v) is 3.94. The number of rotatable bonds is 8. The van der Waals surface area contributed by atoms with Gasteiger partial charge in [0.1, 0.15) is 18.2 Å². The molecule has 0 radical (unpaired) electrons. The summed E-state index contributed by atoms with van der Waals surface area (Å²) in [5, 5.41) is 0. The van der Waals surface area contributed by atoms with Crippen LogP contribution in [0.4, 0.5) is 0 Å². The first-order chi connectivity index (χ1) is 8.84. The molecule has 0 bridgehead atoms. The highest BCUT2D eigenvalue weighted by atomic mass is 16.5. The van der Waals surface area contributed by atoms with Crippen LogP contribution in [0, 0.1) is 17.3 Å². The van der Waals surface area contributed by atoms with Crippen molar-refractivity contribution in [3.05, 3.63) is 12.7 Å². The largest absolute Gasteiger partial charge is 0.462 e. The van der Waals surface area contributed by atoms with Crippen molar-refractivity contribution >= 4 is 18.0 Å². The average molecular weight is 266 g/mol. The van der Waals surface area contributed by atoms with E-state index in [4.69, 9.17) is 4.74 Å². The Bertz CT molecular complexity index is 384. The molecule has 0 amide bonds. The molecule has 1 saturated carbocycles. The molecule has 106 valence electrons. The summed E-state index contributed by atoms with van der Waals surface area (Å²) in [6, 6.07) is 0. The molecule has 0 heterocycles. The highest BCUT2D eigenvalue weighted by molar-refractivity contribution is 5.81. The normalized spacial score (nSPS) is 25.2. The third-order valence-electron chi connectivity index (χ3n) is 3.94. The summed E-state index contributed by atoms with van der Waals surface area (Å²) in [6.45, 7) is 9.30. The molecular formula is C15H22O4. The fraction of sp³-hybridized carbons (Fsp3) is 0.667. The number of ether oxygens (including phenoxy) is 1. The maximum atomic E-state index is 11.8. The van der Waals surface area contributed by atoms with E-state index in [0.29, 0.717) is 0 Å². The van der Waals surface area contributed by atoms with Crippen LogP contribution < -0.4 is 0 Å². The van der Waals surface area contributed by atoms with E-state index in [0.717, 1.165) is 6.29 Å². The molecule has 0 saturated heterocycles. The van der Waals surface area contributed by atoms with Crippen LogP contribution in [0.15, 0.2) is 12.7 Å². The smallest absolute Gasteiger partial charge is 0.302 e. The zero-order valence-electron chi connectivity index (χ0n) is 11.8. The van der Waals surface area contributed by atoms with Crippen LogP contribution in [-0.2, 0) is 19.1 Å². The Hall–Kier alpha value is -1.45. The third kappa shape index (κ3) is 3.75. The number of ketones is 1. The summed E-state index contributed by atoms with van der Waals surface area (Å²) in [5.74, 6) is -0.0210. The Morgan fingerprint density at radius 3 is 2.47 bits per heavy atom. The molecule has 1 fully saturated rings. The van der Waals surface area contributed by atoms with E-state index in [-0.39, 0.29) is 48.3 Å². The van der Waals surface area contributed by atoms with Gasteiger partial charge in [0.15, 0.2) is 0 Å². The van der Waals surface area contributed by atoms with Crippen molar-refractivity contribution in [3.8, 4) is 0 Å². The monoisotopic (exact) mass is 266 g/mol. The summed E-state index contributed by atoms with van der Waals surface area (Å²) >= 11 is 0. The SMILES string of the molecule is C=C[C@H]1[C@@H]([C@@H](CC(=O)CCC=O)OC(C)=O)C1(C)C. The van der Waals surface area contributed by atoms with Crippen LogP contribution in [0.2, 0.25) is 0 Å². The molecule has 4 heteroatoms. The minimum absolute atomic E-state index is 0.00675. The molecule has 0 unspecified atom stereocenters. The number of carbonyl (C=O) groups is 3. The highest BCUT2D eigenvalue weighted by Crippen LogP contribution is 2.61. The van der Waals surface area contributed by atoms with Crippen LogP contribution in [0.3, 0.4) is 0 Å². The van der Waals surface area contributed by atoms with Gasteiger partial charge >= 0.3 is 5.97 Å². The molecular weight excluding hydrogens is 244 g/mol. The number of allylic oxidation sites excluding steroid dienone is 1. The number of Topliss-reactive ketones (excluding diaryl/α,β-unsaturated/α-hetero) is 1. The number of aldehydes is 1. The first kappa shape index (κ1) is 15.6. The van der Waals surface area contributed by atoms with Gasteiger partial charge in [-0.15, -0.1) is 6.58 Å². The number of esters is 1. The van der Waals surface area contributed by atoms with Crippen molar-refractivity contribution in [2.75, 3.05) is 0 Å². The summed E-state index contributed by atoms with van der Waals surface area (Å²) < 4.78 is 5.30. The standard InChI is InChI=1S/C15H22O4/c1-5-12-14(15(12,3)4)13(19-10(2)17)9-11(18)7-6-8-16/h5,8,12-14H,1,6-7,9H2,2-4H3/t12-,13+,14-/m0/s1. The Morgan fingerprint density at radius 1 is 1.42 bits per heavy atom. The minimum Gasteiger partial charge on any atom is -0.462 e. The van der Waals surface area contributed by atoms with Crippen molar-refractivity contribution in [2.24, 2.45) is 17.3 Å². The van der Waals surface area contributed by atoms with Gasteiger partial charge in [-0.25, -0.2) is 0 Å². The molecule has 1 aliphatic rings. The van der Waals surface area contributed by atoms with E-state index in [9.17, 15) is 14.4 Å². The van der Waals surface area contributed by atoms with Crippen LogP contribution in [0.25, 0.3) is 0 Å². The van der Waals surface area contributed by atoms with Gasteiger partial charge in [-0.3, -0.25) is 9.59 Å². The molecule has 19 heavy (non-hydrogen) atoms. The lowest BCUT2D eigenvalue weighted by Gasteiger charge is -2.17. The Kier molecular flexibility index (Phi) is 5.04. The number of carbonyl (C=O) groups excluding carboxylic acids is 3. The second-order valence-electron chi connectivity index (χ2n) is 5.70. The van der Waals surface area contributed by atoms with Crippen molar-refractivity contribution < 1.29 is 19.1 Å². The second-order valence-corrected chi connectivity index (χ2v) is 5.70. The van der Waals surface area contributed by atoms with Crippen LogP contribution in [0.1, 0.15) is 40.0 Å². The van der Waals surface area contributed by atoms with E-state index < -0.39 is 6.10 Å². The molecule has 0 aromatic carbocycles. The average Bonchev–Trinajstić information content (AvgIpc) is 2.86. The first-order valence-corrected chi connectivity index (χ1v) is 6.59. The molecule has 1 rings (SSSR count). The van der Waals surface area contributed by atoms with E-state index in [2.05, 4.69) is 20.4 Å². The van der Waals surface area contributed by atoms with Crippen molar-refractivity contribution in [2.45, 2.75) is 46.1 Å². The Balaban J connectivity index is 2.68. The Morgan fingerprint density at radius 2 is 2.05 bits per heavy atom. The lowest BCUT2D eigenvalue weighted by atomic mass is 10.00. The molecule has 0 aliphatic heterocycles. The molecule has 0 spiro atoms. The molecule has 4 nitrogen and oxygen atoms in total. The first-order valence-electron chi connectivity index (χ1n) is 6.59. The van der Waals surface area contributed by atoms with E-state index >= 15 is 0 Å². The second kappa shape index (κ2) is 6.13. The zero-order chi connectivity index (χ0) is 14.6. The van der Waals surface area contributed by atoms with Gasteiger partial charge in [-0.05, 0) is 11.3 Å². The lowest BCUT2D eigenvalue weighted by molar-refractivity contribution is -0.149. The fourth-order valence-electron chi connectivity index (χ4n) is 2.88. The molecule has 0 aromatic rings. The molecule has 1 aliphatic carbocycles. The minimum atomic E-state index is -0.408. The predicted molar refractivity (Wildman–Crippen MR) is 71.4 cm³/mol. The van der Waals surface area contributed by atoms with Gasteiger partial charge in [0.05, 0.1) is 0 Å². The quantitative estimate of drug-likeness (QED) is 0.384. The maximum absolute atomic E-state index is 11.8. The van der Waals surface area contributed by atoms with Gasteiger partial charge in [0, 0.05) is 32.1 Å². The summed E-state index contributed by atoms with van der Waals surface area (Å²) in [5.41, 5.74) is 0.00675. The fourth-order valence-corrected chi connectivity index (χ4v) is 2.88. The van der Waals surface area contributed by atoms with Crippen molar-refractivity contribution in [3.63, 3.8) is 0 Å². The topological polar surface area (TPSA) is 60.4 Å². The van der Waals surface area contributed by atoms with Crippen molar-refractivity contribution in [1.82, 2.24) is 0 Å². The van der Waals surface area contributed by atoms with E-state index in [1.807, 2.05) is 6.08 Å². The molecule has 0 N–H and O–H groups in total. The van der Waals surface area contributed by atoms with Gasteiger partial charge < -0.3 is 9.53 Å². The summed E-state index contributed by atoms with van der Waals surface area (Å²) in [4.78, 5) is 33.2. The zero-order valence-corrected chi connectivity index (χ0v) is 11.8.